The van der Waals surface area contributed by atoms with Gasteiger partial charge in [0.2, 0.25) is 0 Å². The molecule has 0 saturated heterocycles. The third-order valence-corrected chi connectivity index (χ3v) is 6.15. The van der Waals surface area contributed by atoms with Gasteiger partial charge in [0, 0.05) is 28.4 Å². The van der Waals surface area contributed by atoms with Gasteiger partial charge in [-0.15, -0.1) is 0 Å². The zero-order valence-electron chi connectivity index (χ0n) is 19.2. The normalized spacial score (nSPS) is 12.6. The van der Waals surface area contributed by atoms with Crippen LogP contribution in [0.25, 0.3) is 27.9 Å². The smallest absolute Gasteiger partial charge is 0.0494 e. The fraction of sp³-hybridized carbons (Fsp3) is 0.310. The molecule has 0 aliphatic carbocycles. The first-order valence-electron chi connectivity index (χ1n) is 10.9. The summed E-state index contributed by atoms with van der Waals surface area (Å²) in [6, 6.07) is 22.7. The number of hydrogen-bond acceptors (Lipinski definition) is 0. The highest BCUT2D eigenvalue weighted by Gasteiger charge is 2.20. The summed E-state index contributed by atoms with van der Waals surface area (Å²) < 4.78 is 2.46. The fourth-order valence-electron chi connectivity index (χ4n) is 4.15. The van der Waals surface area contributed by atoms with Crippen molar-refractivity contribution < 1.29 is 0 Å². The standard InChI is InChI=1S/C29H33N/c1-8-20-9-11-21(12-10-20)19-30-26-15-13-22(28(2,3)4)17-24(26)25-18-23(29(5,6)7)14-16-27(25)30/h8-18H,1,19H2,2-7H3. The maximum absolute atomic E-state index is 3.87. The largest absolute Gasteiger partial charge is 0.336 e. The number of rotatable bonds is 3. The minimum atomic E-state index is 0.130. The summed E-state index contributed by atoms with van der Waals surface area (Å²) in [7, 11) is 0. The molecule has 4 aromatic rings. The first kappa shape index (κ1) is 20.5. The van der Waals surface area contributed by atoms with Crippen molar-refractivity contribution in [1.29, 1.82) is 0 Å². The van der Waals surface area contributed by atoms with Gasteiger partial charge in [0.25, 0.3) is 0 Å². The lowest BCUT2D eigenvalue weighted by molar-refractivity contribution is 0.590. The molecule has 4 rings (SSSR count). The topological polar surface area (TPSA) is 4.93 Å². The van der Waals surface area contributed by atoms with Crippen molar-refractivity contribution in [3.8, 4) is 0 Å². The summed E-state index contributed by atoms with van der Waals surface area (Å²) in [5, 5.41) is 2.71. The maximum Gasteiger partial charge on any atom is 0.0494 e. The maximum atomic E-state index is 3.87. The molecular formula is C29H33N. The summed E-state index contributed by atoms with van der Waals surface area (Å²) in [6.07, 6.45) is 1.90. The molecule has 0 spiro atoms. The molecule has 0 N–H and O–H groups in total. The molecule has 0 aliphatic rings. The Balaban J connectivity index is 1.96. The Morgan fingerprint density at radius 2 is 1.17 bits per heavy atom. The molecule has 0 fully saturated rings. The van der Waals surface area contributed by atoms with Crippen LogP contribution in [0.5, 0.6) is 0 Å². The van der Waals surface area contributed by atoms with E-state index in [1.54, 1.807) is 0 Å². The predicted octanol–water partition coefficient (Wildman–Crippen LogP) is 8.08. The van der Waals surface area contributed by atoms with E-state index < -0.39 is 0 Å². The molecule has 0 aliphatic heterocycles. The molecule has 0 saturated carbocycles. The van der Waals surface area contributed by atoms with E-state index in [2.05, 4.69) is 113 Å². The van der Waals surface area contributed by atoms with Crippen LogP contribution in [0.1, 0.15) is 63.8 Å². The van der Waals surface area contributed by atoms with Crippen LogP contribution in [0.3, 0.4) is 0 Å². The molecule has 1 aromatic heterocycles. The summed E-state index contributed by atoms with van der Waals surface area (Å²) in [5.74, 6) is 0. The van der Waals surface area contributed by atoms with Crippen LogP contribution in [0, 0.1) is 0 Å². The van der Waals surface area contributed by atoms with Gasteiger partial charge < -0.3 is 4.57 Å². The molecule has 154 valence electrons. The lowest BCUT2D eigenvalue weighted by atomic mass is 9.85. The first-order valence-corrected chi connectivity index (χ1v) is 10.9. The third-order valence-electron chi connectivity index (χ3n) is 6.15. The average Bonchev–Trinajstić information content (AvgIpc) is 3.00. The number of hydrogen-bond donors (Lipinski definition) is 0. The second kappa shape index (κ2) is 7.16. The number of fused-ring (bicyclic) bond motifs is 3. The van der Waals surface area contributed by atoms with Crippen LogP contribution in [-0.2, 0) is 17.4 Å². The van der Waals surface area contributed by atoms with Gasteiger partial charge in [-0.25, -0.2) is 0 Å². The fourth-order valence-corrected chi connectivity index (χ4v) is 4.15. The molecule has 30 heavy (non-hydrogen) atoms. The van der Waals surface area contributed by atoms with E-state index in [1.807, 2.05) is 6.08 Å². The van der Waals surface area contributed by atoms with Crippen LogP contribution >= 0.6 is 0 Å². The highest BCUT2D eigenvalue weighted by atomic mass is 15.0. The molecule has 1 heteroatoms. The molecule has 0 atom stereocenters. The number of aromatic nitrogens is 1. The third kappa shape index (κ3) is 3.69. The van der Waals surface area contributed by atoms with Gasteiger partial charge >= 0.3 is 0 Å². The molecule has 0 amide bonds. The van der Waals surface area contributed by atoms with Crippen LogP contribution < -0.4 is 0 Å². The van der Waals surface area contributed by atoms with Crippen molar-refractivity contribution >= 4 is 27.9 Å². The van der Waals surface area contributed by atoms with Gasteiger partial charge in [-0.2, -0.15) is 0 Å². The van der Waals surface area contributed by atoms with Gasteiger partial charge in [-0.05, 0) is 57.3 Å². The Kier molecular flexibility index (Phi) is 4.89. The van der Waals surface area contributed by atoms with Crippen LogP contribution in [-0.4, -0.2) is 4.57 Å². The van der Waals surface area contributed by atoms with Crippen LogP contribution in [0.2, 0.25) is 0 Å². The Morgan fingerprint density at radius 1 is 0.700 bits per heavy atom. The molecular weight excluding hydrogens is 362 g/mol. The number of benzene rings is 3. The highest BCUT2D eigenvalue weighted by Crippen LogP contribution is 2.36. The molecule has 3 aromatic carbocycles. The van der Waals surface area contributed by atoms with E-state index in [1.165, 1.54) is 38.5 Å². The monoisotopic (exact) mass is 395 g/mol. The molecule has 0 radical (unpaired) electrons. The predicted molar refractivity (Wildman–Crippen MR) is 132 cm³/mol. The second-order valence-electron chi connectivity index (χ2n) is 10.5. The summed E-state index contributed by atoms with van der Waals surface area (Å²) in [6.45, 7) is 18.5. The summed E-state index contributed by atoms with van der Waals surface area (Å²) in [5.41, 5.74) is 8.09. The van der Waals surface area contributed by atoms with E-state index in [-0.39, 0.29) is 10.8 Å². The SMILES string of the molecule is C=Cc1ccc(Cn2c3ccc(C(C)(C)C)cc3c3cc(C(C)(C)C)ccc32)cc1. The Hall–Kier alpha value is -2.80. The van der Waals surface area contributed by atoms with Gasteiger partial charge in [0.1, 0.15) is 0 Å². The first-order chi connectivity index (χ1) is 14.1. The van der Waals surface area contributed by atoms with E-state index in [9.17, 15) is 0 Å². The van der Waals surface area contributed by atoms with Crippen molar-refractivity contribution in [1.82, 2.24) is 4.57 Å². The average molecular weight is 396 g/mol. The van der Waals surface area contributed by atoms with Gasteiger partial charge in [-0.1, -0.05) is 90.6 Å². The van der Waals surface area contributed by atoms with Crippen molar-refractivity contribution in [2.24, 2.45) is 0 Å². The van der Waals surface area contributed by atoms with Crippen molar-refractivity contribution in [3.63, 3.8) is 0 Å². The summed E-state index contributed by atoms with van der Waals surface area (Å²) in [4.78, 5) is 0. The van der Waals surface area contributed by atoms with E-state index >= 15 is 0 Å². The zero-order chi connectivity index (χ0) is 21.7. The van der Waals surface area contributed by atoms with Gasteiger partial charge in [0.15, 0.2) is 0 Å². The summed E-state index contributed by atoms with van der Waals surface area (Å²) >= 11 is 0. The van der Waals surface area contributed by atoms with Crippen LogP contribution in [0.15, 0.2) is 67.2 Å². The van der Waals surface area contributed by atoms with Gasteiger partial charge in [-0.3, -0.25) is 0 Å². The Labute approximate surface area is 181 Å². The van der Waals surface area contributed by atoms with E-state index in [0.29, 0.717) is 0 Å². The van der Waals surface area contributed by atoms with Crippen LogP contribution in [0.4, 0.5) is 0 Å². The Bertz CT molecular complexity index is 1150. The second-order valence-corrected chi connectivity index (χ2v) is 10.5. The molecule has 1 nitrogen and oxygen atoms in total. The van der Waals surface area contributed by atoms with Crippen molar-refractivity contribution in [2.75, 3.05) is 0 Å². The van der Waals surface area contributed by atoms with Crippen molar-refractivity contribution in [3.05, 3.63) is 89.5 Å². The lowest BCUT2D eigenvalue weighted by Gasteiger charge is -2.19. The molecule has 0 unspecified atom stereocenters. The number of nitrogens with zero attached hydrogens (tertiary/aromatic N) is 1. The van der Waals surface area contributed by atoms with E-state index in [0.717, 1.165) is 12.1 Å². The quantitative estimate of drug-likeness (QED) is 0.330. The van der Waals surface area contributed by atoms with Crippen molar-refractivity contribution in [2.45, 2.75) is 58.9 Å². The lowest BCUT2D eigenvalue weighted by Crippen LogP contribution is -2.10. The van der Waals surface area contributed by atoms with Gasteiger partial charge in [0.05, 0.1) is 0 Å². The minimum Gasteiger partial charge on any atom is -0.336 e. The minimum absolute atomic E-state index is 0.130. The molecule has 1 heterocycles. The highest BCUT2D eigenvalue weighted by molar-refractivity contribution is 6.08. The zero-order valence-corrected chi connectivity index (χ0v) is 19.2. The molecule has 0 bridgehead atoms. The van der Waals surface area contributed by atoms with E-state index in [4.69, 9.17) is 0 Å². The Morgan fingerprint density at radius 3 is 1.57 bits per heavy atom.